The smallest absolute Gasteiger partial charge is 0.266 e. The molecule has 0 radical (unpaired) electrons. The van der Waals surface area contributed by atoms with Crippen LogP contribution >= 0.6 is 11.6 Å². The molecule has 1 saturated heterocycles. The summed E-state index contributed by atoms with van der Waals surface area (Å²) in [5.41, 5.74) is 1.15. The van der Waals surface area contributed by atoms with Gasteiger partial charge in [-0.05, 0) is 24.1 Å². The van der Waals surface area contributed by atoms with E-state index in [0.29, 0.717) is 37.7 Å². The molecule has 1 fully saturated rings. The molecular formula is C18H21ClN4O2. The molecule has 0 aromatic heterocycles. The van der Waals surface area contributed by atoms with E-state index in [1.165, 1.54) is 13.1 Å². The summed E-state index contributed by atoms with van der Waals surface area (Å²) in [4.78, 5) is 27.0. The predicted molar refractivity (Wildman–Crippen MR) is 95.7 cm³/mol. The van der Waals surface area contributed by atoms with E-state index in [1.807, 2.05) is 30.3 Å². The molecule has 25 heavy (non-hydrogen) atoms. The SMILES string of the molecule is CC(=O)N1CCN(C(=O)/C(C#N)=C\NCCc2cccc(Cl)c2)CC1. The van der Waals surface area contributed by atoms with Crippen LogP contribution in [0.2, 0.25) is 5.02 Å². The van der Waals surface area contributed by atoms with E-state index in [9.17, 15) is 14.9 Å². The van der Waals surface area contributed by atoms with E-state index >= 15 is 0 Å². The number of carbonyl (C=O) groups excluding carboxylic acids is 2. The van der Waals surface area contributed by atoms with E-state index in [4.69, 9.17) is 11.6 Å². The minimum Gasteiger partial charge on any atom is -0.389 e. The summed E-state index contributed by atoms with van der Waals surface area (Å²) in [7, 11) is 0. The summed E-state index contributed by atoms with van der Waals surface area (Å²) < 4.78 is 0. The molecule has 1 heterocycles. The summed E-state index contributed by atoms with van der Waals surface area (Å²) in [6.07, 6.45) is 2.20. The van der Waals surface area contributed by atoms with Crippen LogP contribution in [0.5, 0.6) is 0 Å². The minimum absolute atomic E-state index is 0.00540. The normalized spacial score (nSPS) is 14.8. The van der Waals surface area contributed by atoms with Gasteiger partial charge in [0.05, 0.1) is 0 Å². The molecule has 0 bridgehead atoms. The van der Waals surface area contributed by atoms with Crippen LogP contribution in [0.1, 0.15) is 12.5 Å². The van der Waals surface area contributed by atoms with Gasteiger partial charge in [0, 0.05) is 50.9 Å². The average Bonchev–Trinajstić information content (AvgIpc) is 2.61. The molecule has 1 aromatic carbocycles. The first-order valence-corrected chi connectivity index (χ1v) is 8.52. The molecule has 2 rings (SSSR count). The van der Waals surface area contributed by atoms with Crippen molar-refractivity contribution in [3.8, 4) is 6.07 Å². The molecule has 7 heteroatoms. The van der Waals surface area contributed by atoms with Gasteiger partial charge in [-0.2, -0.15) is 5.26 Å². The standard InChI is InChI=1S/C18H21ClN4O2/c1-14(24)22-7-9-23(10-8-22)18(25)16(12-20)13-21-6-5-15-3-2-4-17(19)11-15/h2-4,11,13,21H,5-10H2,1H3/b16-13-. The van der Waals surface area contributed by atoms with Gasteiger partial charge in [0.15, 0.2) is 0 Å². The van der Waals surface area contributed by atoms with Crippen molar-refractivity contribution in [3.63, 3.8) is 0 Å². The molecule has 0 spiro atoms. The van der Waals surface area contributed by atoms with E-state index < -0.39 is 0 Å². The fourth-order valence-electron chi connectivity index (χ4n) is 2.62. The maximum atomic E-state index is 12.4. The van der Waals surface area contributed by atoms with E-state index in [0.717, 1.165) is 12.0 Å². The van der Waals surface area contributed by atoms with E-state index in [1.54, 1.807) is 9.80 Å². The Labute approximate surface area is 152 Å². The monoisotopic (exact) mass is 360 g/mol. The lowest BCUT2D eigenvalue weighted by atomic mass is 10.1. The van der Waals surface area contributed by atoms with Crippen LogP contribution in [-0.4, -0.2) is 54.3 Å². The maximum absolute atomic E-state index is 12.4. The molecule has 1 N–H and O–H groups in total. The summed E-state index contributed by atoms with van der Waals surface area (Å²) in [6.45, 7) is 4.00. The van der Waals surface area contributed by atoms with Crippen LogP contribution < -0.4 is 5.32 Å². The van der Waals surface area contributed by atoms with E-state index in [-0.39, 0.29) is 17.4 Å². The van der Waals surface area contributed by atoms with Gasteiger partial charge in [0.2, 0.25) is 5.91 Å². The lowest BCUT2D eigenvalue weighted by molar-refractivity contribution is -0.136. The number of rotatable bonds is 5. The lowest BCUT2D eigenvalue weighted by Gasteiger charge is -2.34. The molecule has 6 nitrogen and oxygen atoms in total. The van der Waals surface area contributed by atoms with Crippen LogP contribution in [0.3, 0.4) is 0 Å². The van der Waals surface area contributed by atoms with Crippen molar-refractivity contribution < 1.29 is 9.59 Å². The third-order valence-electron chi connectivity index (χ3n) is 4.06. The molecular weight excluding hydrogens is 340 g/mol. The molecule has 2 amide bonds. The Bertz CT molecular complexity index is 703. The highest BCUT2D eigenvalue weighted by Crippen LogP contribution is 2.11. The van der Waals surface area contributed by atoms with Gasteiger partial charge in [-0.15, -0.1) is 0 Å². The Morgan fingerprint density at radius 3 is 2.56 bits per heavy atom. The van der Waals surface area contributed by atoms with Gasteiger partial charge < -0.3 is 15.1 Å². The zero-order chi connectivity index (χ0) is 18.2. The topological polar surface area (TPSA) is 76.4 Å². The van der Waals surface area contributed by atoms with Crippen molar-refractivity contribution in [1.29, 1.82) is 5.26 Å². The molecule has 1 aliphatic heterocycles. The van der Waals surface area contributed by atoms with Crippen LogP contribution in [0.25, 0.3) is 0 Å². The van der Waals surface area contributed by atoms with Crippen LogP contribution in [0, 0.1) is 11.3 Å². The van der Waals surface area contributed by atoms with Gasteiger partial charge >= 0.3 is 0 Å². The second-order valence-corrected chi connectivity index (χ2v) is 6.24. The molecule has 132 valence electrons. The average molecular weight is 361 g/mol. The first kappa shape index (κ1) is 18.8. The largest absolute Gasteiger partial charge is 0.389 e. The number of benzene rings is 1. The second kappa shape index (κ2) is 9.09. The quantitative estimate of drug-likeness (QED) is 0.491. The number of piperazine rings is 1. The van der Waals surface area contributed by atoms with Gasteiger partial charge in [0.25, 0.3) is 5.91 Å². The summed E-state index contributed by atoms with van der Waals surface area (Å²) >= 11 is 5.94. The highest BCUT2D eigenvalue weighted by molar-refractivity contribution is 6.30. The highest BCUT2D eigenvalue weighted by atomic mass is 35.5. The fourth-order valence-corrected chi connectivity index (χ4v) is 2.83. The van der Waals surface area contributed by atoms with Crippen molar-refractivity contribution in [3.05, 3.63) is 46.6 Å². The number of nitrogens with one attached hydrogen (secondary N) is 1. The first-order chi connectivity index (χ1) is 12.0. The van der Waals surface area contributed by atoms with Crippen molar-refractivity contribution >= 4 is 23.4 Å². The molecule has 1 aliphatic rings. The fraction of sp³-hybridized carbons (Fsp3) is 0.389. The second-order valence-electron chi connectivity index (χ2n) is 5.80. The van der Waals surface area contributed by atoms with Crippen molar-refractivity contribution in [2.75, 3.05) is 32.7 Å². The number of nitriles is 1. The number of amides is 2. The number of halogens is 1. The molecule has 0 unspecified atom stereocenters. The molecule has 0 atom stereocenters. The third kappa shape index (κ3) is 5.50. The number of hydrogen-bond donors (Lipinski definition) is 1. The Morgan fingerprint density at radius 2 is 1.96 bits per heavy atom. The van der Waals surface area contributed by atoms with Gasteiger partial charge in [0.1, 0.15) is 11.6 Å². The number of nitrogens with zero attached hydrogens (tertiary/aromatic N) is 3. The van der Waals surface area contributed by atoms with Gasteiger partial charge in [-0.25, -0.2) is 0 Å². The van der Waals surface area contributed by atoms with Crippen molar-refractivity contribution in [2.45, 2.75) is 13.3 Å². The predicted octanol–water partition coefficient (Wildman–Crippen LogP) is 1.57. The van der Waals surface area contributed by atoms with Crippen molar-refractivity contribution in [1.82, 2.24) is 15.1 Å². The molecule has 0 saturated carbocycles. The first-order valence-electron chi connectivity index (χ1n) is 8.14. The van der Waals surface area contributed by atoms with Gasteiger partial charge in [-0.1, -0.05) is 23.7 Å². The Kier molecular flexibility index (Phi) is 6.84. The Balaban J connectivity index is 1.84. The van der Waals surface area contributed by atoms with E-state index in [2.05, 4.69) is 5.32 Å². The van der Waals surface area contributed by atoms with Crippen LogP contribution in [0.15, 0.2) is 36.0 Å². The Morgan fingerprint density at radius 1 is 1.28 bits per heavy atom. The summed E-state index contributed by atoms with van der Waals surface area (Å²) in [5, 5.41) is 12.9. The molecule has 0 aliphatic carbocycles. The van der Waals surface area contributed by atoms with Crippen molar-refractivity contribution in [2.24, 2.45) is 0 Å². The van der Waals surface area contributed by atoms with Crippen LogP contribution in [-0.2, 0) is 16.0 Å². The third-order valence-corrected chi connectivity index (χ3v) is 4.29. The summed E-state index contributed by atoms with van der Waals surface area (Å²) in [5.74, 6) is -0.299. The highest BCUT2D eigenvalue weighted by Gasteiger charge is 2.24. The zero-order valence-corrected chi connectivity index (χ0v) is 14.9. The summed E-state index contributed by atoms with van der Waals surface area (Å²) in [6, 6.07) is 9.51. The van der Waals surface area contributed by atoms with Gasteiger partial charge in [-0.3, -0.25) is 9.59 Å². The van der Waals surface area contributed by atoms with Crippen LogP contribution in [0.4, 0.5) is 0 Å². The minimum atomic E-state index is -0.305. The maximum Gasteiger partial charge on any atom is 0.266 e. The number of hydrogen-bond acceptors (Lipinski definition) is 4. The Hall–Kier alpha value is -2.52. The molecule has 1 aromatic rings. The zero-order valence-electron chi connectivity index (χ0n) is 14.2. The lowest BCUT2D eigenvalue weighted by Crippen LogP contribution is -2.50. The number of carbonyl (C=O) groups is 2.